The summed E-state index contributed by atoms with van der Waals surface area (Å²) in [5, 5.41) is 3.73. The number of aryl methyl sites for hydroxylation is 1. The van der Waals surface area contributed by atoms with Gasteiger partial charge in [-0.2, -0.15) is 4.68 Å². The first-order valence-corrected chi connectivity index (χ1v) is 9.78. The highest BCUT2D eigenvalue weighted by Crippen LogP contribution is 2.23. The molecule has 0 radical (unpaired) electrons. The number of hydrogen-bond donors (Lipinski definition) is 1. The highest BCUT2D eigenvalue weighted by Gasteiger charge is 2.17. The van der Waals surface area contributed by atoms with Crippen LogP contribution in [0.15, 0.2) is 58.3 Å². The van der Waals surface area contributed by atoms with Crippen molar-refractivity contribution in [2.75, 3.05) is 6.54 Å². The third-order valence-electron chi connectivity index (χ3n) is 4.57. The fourth-order valence-electron chi connectivity index (χ4n) is 3.15. The van der Waals surface area contributed by atoms with Crippen LogP contribution in [-0.4, -0.2) is 27.0 Å². The quantitative estimate of drug-likeness (QED) is 0.514. The fourth-order valence-corrected chi connectivity index (χ4v) is 4.07. The molecule has 2 aromatic heterocycles. The Morgan fingerprint density at radius 2 is 1.96 bits per heavy atom. The third kappa shape index (κ3) is 3.53. The molecule has 5 nitrogen and oxygen atoms in total. The van der Waals surface area contributed by atoms with Gasteiger partial charge in [-0.25, -0.2) is 9.37 Å². The lowest BCUT2D eigenvalue weighted by molar-refractivity contribution is 0.627. The van der Waals surface area contributed by atoms with Crippen molar-refractivity contribution < 1.29 is 4.39 Å². The molecule has 0 amide bonds. The number of hydrogen-bond acceptors (Lipinski definition) is 4. The molecule has 28 heavy (non-hydrogen) atoms. The summed E-state index contributed by atoms with van der Waals surface area (Å²) in [6.45, 7) is 4.23. The van der Waals surface area contributed by atoms with E-state index in [1.165, 1.54) is 28.2 Å². The van der Waals surface area contributed by atoms with E-state index in [1.54, 1.807) is 12.1 Å². The van der Waals surface area contributed by atoms with Gasteiger partial charge in [-0.15, -0.1) is 0 Å². The SMILES string of the molecule is CC(=NCCc1ccc(F)cc1)c1c(C)[nH]n(-c2nc3ccccc3s2)c1=O. The minimum Gasteiger partial charge on any atom is -0.293 e. The van der Waals surface area contributed by atoms with Gasteiger partial charge in [0.05, 0.1) is 15.8 Å². The molecule has 4 aromatic rings. The van der Waals surface area contributed by atoms with Crippen molar-refractivity contribution in [2.24, 2.45) is 4.99 Å². The van der Waals surface area contributed by atoms with Gasteiger partial charge >= 0.3 is 0 Å². The number of H-pyrrole nitrogens is 1. The molecule has 0 saturated carbocycles. The lowest BCUT2D eigenvalue weighted by Crippen LogP contribution is -2.19. The largest absolute Gasteiger partial charge is 0.293 e. The van der Waals surface area contributed by atoms with E-state index in [0.717, 1.165) is 21.5 Å². The van der Waals surface area contributed by atoms with Crippen LogP contribution < -0.4 is 5.56 Å². The molecule has 0 aliphatic carbocycles. The molecule has 0 spiro atoms. The van der Waals surface area contributed by atoms with E-state index in [1.807, 2.05) is 38.1 Å². The van der Waals surface area contributed by atoms with Gasteiger partial charge in [-0.3, -0.25) is 14.9 Å². The van der Waals surface area contributed by atoms with Crippen molar-refractivity contribution in [3.63, 3.8) is 0 Å². The zero-order valence-electron chi connectivity index (χ0n) is 15.6. The molecule has 0 atom stereocenters. The van der Waals surface area contributed by atoms with Crippen LogP contribution in [0.3, 0.4) is 0 Å². The Morgan fingerprint density at radius 3 is 2.71 bits per heavy atom. The summed E-state index contributed by atoms with van der Waals surface area (Å²) >= 11 is 1.46. The zero-order chi connectivity index (χ0) is 19.7. The Kier molecular flexibility index (Phi) is 4.92. The van der Waals surface area contributed by atoms with Gasteiger partial charge in [0.15, 0.2) is 0 Å². The van der Waals surface area contributed by atoms with Crippen LogP contribution in [0.5, 0.6) is 0 Å². The van der Waals surface area contributed by atoms with E-state index in [9.17, 15) is 9.18 Å². The van der Waals surface area contributed by atoms with Crippen molar-refractivity contribution in [2.45, 2.75) is 20.3 Å². The van der Waals surface area contributed by atoms with Crippen LogP contribution in [0.4, 0.5) is 4.39 Å². The van der Waals surface area contributed by atoms with Gasteiger partial charge in [-0.1, -0.05) is 35.6 Å². The highest BCUT2D eigenvalue weighted by atomic mass is 32.1. The Hall–Kier alpha value is -3.06. The summed E-state index contributed by atoms with van der Waals surface area (Å²) in [5.74, 6) is -0.248. The first-order chi connectivity index (χ1) is 13.5. The van der Waals surface area contributed by atoms with Crippen LogP contribution >= 0.6 is 11.3 Å². The summed E-state index contributed by atoms with van der Waals surface area (Å²) in [6.07, 6.45) is 0.688. The van der Waals surface area contributed by atoms with Gasteiger partial charge in [0.1, 0.15) is 5.82 Å². The first kappa shape index (κ1) is 18.3. The number of rotatable bonds is 5. The van der Waals surface area contributed by atoms with Gasteiger partial charge in [0.25, 0.3) is 5.56 Å². The standard InChI is InChI=1S/C21H19FN4OS/c1-13(23-12-11-15-7-9-16(22)10-8-15)19-14(2)25-26(20(19)27)21-24-17-5-3-4-6-18(17)28-21/h3-10,25H,11-12H2,1-2H3. The van der Waals surface area contributed by atoms with Crippen molar-refractivity contribution in [3.8, 4) is 5.13 Å². The second-order valence-corrected chi connectivity index (χ2v) is 7.57. The van der Waals surface area contributed by atoms with Gasteiger partial charge in [-0.05, 0) is 50.1 Å². The molecule has 7 heteroatoms. The molecule has 1 N–H and O–H groups in total. The smallest absolute Gasteiger partial charge is 0.282 e. The maximum atomic E-state index is 13.0. The summed E-state index contributed by atoms with van der Waals surface area (Å²) in [5.41, 5.74) is 3.73. The fraction of sp³-hybridized carbons (Fsp3) is 0.190. The van der Waals surface area contributed by atoms with Gasteiger partial charge in [0, 0.05) is 18.0 Å². The van der Waals surface area contributed by atoms with Crippen LogP contribution in [-0.2, 0) is 6.42 Å². The van der Waals surface area contributed by atoms with E-state index in [4.69, 9.17) is 0 Å². The summed E-state index contributed by atoms with van der Waals surface area (Å²) in [6, 6.07) is 14.2. The average molecular weight is 394 g/mol. The van der Waals surface area contributed by atoms with E-state index in [0.29, 0.717) is 29.4 Å². The molecule has 2 heterocycles. The second kappa shape index (κ2) is 7.52. The summed E-state index contributed by atoms with van der Waals surface area (Å²) < 4.78 is 15.5. The second-order valence-electron chi connectivity index (χ2n) is 6.56. The zero-order valence-corrected chi connectivity index (χ0v) is 16.4. The normalized spacial score (nSPS) is 12.0. The van der Waals surface area contributed by atoms with Crippen molar-refractivity contribution >= 4 is 27.3 Å². The molecule has 0 bridgehead atoms. The predicted molar refractivity (Wildman–Crippen MR) is 111 cm³/mol. The molecule has 0 saturated heterocycles. The minimum absolute atomic E-state index is 0.153. The third-order valence-corrected chi connectivity index (χ3v) is 5.59. The summed E-state index contributed by atoms with van der Waals surface area (Å²) in [4.78, 5) is 22.1. The molecule has 2 aromatic carbocycles. The number of nitrogens with zero attached hydrogens (tertiary/aromatic N) is 3. The van der Waals surface area contributed by atoms with Crippen molar-refractivity contribution in [1.29, 1.82) is 0 Å². The molecule has 0 aliphatic rings. The Morgan fingerprint density at radius 1 is 1.21 bits per heavy atom. The molecule has 0 fully saturated rings. The van der Waals surface area contributed by atoms with E-state index < -0.39 is 0 Å². The van der Waals surface area contributed by atoms with Crippen LogP contribution in [0, 0.1) is 12.7 Å². The minimum atomic E-state index is -0.248. The molecular formula is C21H19FN4OS. The number of aliphatic imine (C=N–C) groups is 1. The van der Waals surface area contributed by atoms with Crippen LogP contribution in [0.2, 0.25) is 0 Å². The lowest BCUT2D eigenvalue weighted by atomic mass is 10.1. The number of para-hydroxylation sites is 1. The number of aromatic nitrogens is 3. The maximum absolute atomic E-state index is 13.0. The number of benzene rings is 2. The monoisotopic (exact) mass is 394 g/mol. The number of aromatic amines is 1. The lowest BCUT2D eigenvalue weighted by Gasteiger charge is -2.00. The average Bonchev–Trinajstić information content (AvgIpc) is 3.23. The topological polar surface area (TPSA) is 63.0 Å². The van der Waals surface area contributed by atoms with E-state index in [2.05, 4.69) is 15.1 Å². The number of fused-ring (bicyclic) bond motifs is 1. The van der Waals surface area contributed by atoms with E-state index in [-0.39, 0.29) is 11.4 Å². The number of thiazole rings is 1. The van der Waals surface area contributed by atoms with Gasteiger partial charge in [0.2, 0.25) is 5.13 Å². The number of nitrogens with one attached hydrogen (secondary N) is 1. The Balaban J connectivity index is 1.59. The van der Waals surface area contributed by atoms with Crippen molar-refractivity contribution in [3.05, 3.63) is 81.5 Å². The van der Waals surface area contributed by atoms with Gasteiger partial charge < -0.3 is 0 Å². The highest BCUT2D eigenvalue weighted by molar-refractivity contribution is 7.20. The van der Waals surface area contributed by atoms with Crippen molar-refractivity contribution in [1.82, 2.24) is 14.8 Å². The Labute approximate surface area is 165 Å². The van der Waals surface area contributed by atoms with E-state index >= 15 is 0 Å². The molecule has 0 unspecified atom stereocenters. The molecule has 142 valence electrons. The molecule has 0 aliphatic heterocycles. The van der Waals surface area contributed by atoms with Crippen LogP contribution in [0.1, 0.15) is 23.7 Å². The first-order valence-electron chi connectivity index (χ1n) is 8.96. The van der Waals surface area contributed by atoms with Crippen LogP contribution in [0.25, 0.3) is 15.3 Å². The number of halogens is 1. The maximum Gasteiger partial charge on any atom is 0.282 e. The predicted octanol–water partition coefficient (Wildman–Crippen LogP) is 4.27. The molecular weight excluding hydrogens is 375 g/mol. The Bertz CT molecular complexity index is 1180. The molecule has 4 rings (SSSR count). The summed E-state index contributed by atoms with van der Waals surface area (Å²) in [7, 11) is 0.